The molecule has 2 aliphatic carbocycles. The Morgan fingerprint density at radius 2 is 1.29 bits per heavy atom. The van der Waals surface area contributed by atoms with Gasteiger partial charge in [0.1, 0.15) is 0 Å². The van der Waals surface area contributed by atoms with Crippen LogP contribution in [0.25, 0.3) is 0 Å². The molecule has 2 nitrogen and oxygen atoms in total. The molecule has 0 aromatic heterocycles. The Hall–Kier alpha value is -0.650. The number of hydrogen-bond acceptors (Lipinski definition) is 2. The Morgan fingerprint density at radius 3 is 1.62 bits per heavy atom. The molecule has 0 amide bonds. The van der Waals surface area contributed by atoms with Crippen LogP contribution in [0.5, 0.6) is 0 Å². The van der Waals surface area contributed by atoms with E-state index in [0.717, 1.165) is 11.1 Å². The Balaban J connectivity index is 2.49. The highest BCUT2D eigenvalue weighted by Crippen LogP contribution is 2.38. The van der Waals surface area contributed by atoms with Crippen LogP contribution < -0.4 is 0 Å². The van der Waals surface area contributed by atoms with Gasteiger partial charge in [0.05, 0.1) is 19.5 Å². The topological polar surface area (TPSA) is 34.1 Å². The maximum Gasteiger partial charge on any atom is 0.201 e. The largest absolute Gasteiger partial charge is 0.219 e. The molecule has 0 bridgehead atoms. The van der Waals surface area contributed by atoms with E-state index in [1.54, 1.807) is 24.3 Å². The normalized spacial score (nSPS) is 29.7. The van der Waals surface area contributed by atoms with Crippen molar-refractivity contribution >= 4 is 41.7 Å². The first-order valence-corrected chi connectivity index (χ1v) is 9.87. The molecule has 2 atom stereocenters. The lowest BCUT2D eigenvalue weighted by Gasteiger charge is -2.24. The lowest BCUT2D eigenvalue weighted by atomic mass is 10.1. The maximum absolute atomic E-state index is 13.0. The minimum absolute atomic E-state index is 0.307. The molecule has 0 spiro atoms. The molecule has 5 heteroatoms. The van der Waals surface area contributed by atoms with Crippen LogP contribution in [0.1, 0.15) is 13.8 Å². The Bertz CT molecular complexity index is 663. The van der Waals surface area contributed by atoms with Crippen molar-refractivity contribution in [1.29, 1.82) is 0 Å². The Kier molecular flexibility index (Phi) is 5.28. The van der Waals surface area contributed by atoms with E-state index in [2.05, 4.69) is 31.9 Å². The van der Waals surface area contributed by atoms with Gasteiger partial charge in [-0.05, 0) is 37.1 Å². The lowest BCUT2D eigenvalue weighted by Crippen LogP contribution is -2.23. The molecule has 0 fully saturated rings. The number of sulfone groups is 1. The first kappa shape index (κ1) is 16.7. The van der Waals surface area contributed by atoms with Gasteiger partial charge in [0.25, 0.3) is 0 Å². The van der Waals surface area contributed by atoms with Gasteiger partial charge >= 0.3 is 0 Å². The first-order valence-electron chi connectivity index (χ1n) is 6.55. The van der Waals surface area contributed by atoms with Crippen LogP contribution in [-0.4, -0.2) is 18.1 Å². The second-order valence-electron chi connectivity index (χ2n) is 4.66. The van der Waals surface area contributed by atoms with E-state index in [9.17, 15) is 8.42 Å². The molecule has 0 aromatic rings. The third-order valence-corrected chi connectivity index (χ3v) is 8.11. The summed E-state index contributed by atoms with van der Waals surface area (Å²) in [6.07, 6.45) is 14.5. The van der Waals surface area contributed by atoms with Crippen molar-refractivity contribution in [2.75, 3.05) is 0 Å². The molecule has 0 radical (unpaired) electrons. The Morgan fingerprint density at radius 1 is 0.905 bits per heavy atom. The highest BCUT2D eigenvalue weighted by molar-refractivity contribution is 9.10. The lowest BCUT2D eigenvalue weighted by molar-refractivity contribution is 0.606. The summed E-state index contributed by atoms with van der Waals surface area (Å²) in [4.78, 5) is 0.134. The molecular weight excluding hydrogens is 416 g/mol. The number of rotatable bonds is 2. The standard InChI is InChI=1S/C16H16Br2O2S/c1-3-11-7-5-9-13(15(11)17)21(19,20)14-10-6-8-12(4-2)16(14)18/h3-10,15-16H,1-2H3. The monoisotopic (exact) mass is 430 g/mol. The van der Waals surface area contributed by atoms with E-state index < -0.39 is 9.84 Å². The van der Waals surface area contributed by atoms with Crippen LogP contribution in [-0.2, 0) is 9.84 Å². The van der Waals surface area contributed by atoms with Crippen LogP contribution in [0.2, 0.25) is 0 Å². The summed E-state index contributed by atoms with van der Waals surface area (Å²) in [5.41, 5.74) is 1.89. The molecule has 0 N–H and O–H groups in total. The molecule has 0 aromatic carbocycles. The highest BCUT2D eigenvalue weighted by Gasteiger charge is 2.35. The average molecular weight is 432 g/mol. The van der Waals surface area contributed by atoms with Crippen molar-refractivity contribution in [2.45, 2.75) is 23.5 Å². The third-order valence-electron chi connectivity index (χ3n) is 3.47. The van der Waals surface area contributed by atoms with E-state index in [4.69, 9.17) is 0 Å². The van der Waals surface area contributed by atoms with Gasteiger partial charge in [0, 0.05) is 0 Å². The third kappa shape index (κ3) is 3.10. The van der Waals surface area contributed by atoms with E-state index in [1.165, 1.54) is 0 Å². The molecule has 2 aliphatic rings. The summed E-state index contributed by atoms with van der Waals surface area (Å²) in [5.74, 6) is 0. The fourth-order valence-electron chi connectivity index (χ4n) is 2.25. The number of halogens is 2. The van der Waals surface area contributed by atoms with Gasteiger partial charge in [-0.2, -0.15) is 0 Å². The van der Waals surface area contributed by atoms with Crippen LogP contribution >= 0.6 is 31.9 Å². The average Bonchev–Trinajstić information content (AvgIpc) is 2.47. The first-order chi connectivity index (χ1) is 9.93. The number of allylic oxidation sites excluding steroid dienone is 12. The quantitative estimate of drug-likeness (QED) is 0.592. The highest BCUT2D eigenvalue weighted by atomic mass is 79.9. The minimum atomic E-state index is -3.53. The zero-order chi connectivity index (χ0) is 15.6. The van der Waals surface area contributed by atoms with E-state index in [0.29, 0.717) is 9.81 Å². The fraction of sp³-hybridized carbons (Fsp3) is 0.250. The maximum atomic E-state index is 13.0. The second kappa shape index (κ2) is 6.63. The molecule has 2 unspecified atom stereocenters. The van der Waals surface area contributed by atoms with Gasteiger partial charge in [-0.1, -0.05) is 68.3 Å². The molecule has 0 aliphatic heterocycles. The second-order valence-corrected chi connectivity index (χ2v) is 8.44. The summed E-state index contributed by atoms with van der Waals surface area (Å²) in [6, 6.07) is 0. The summed E-state index contributed by atoms with van der Waals surface area (Å²) in [7, 11) is -3.53. The van der Waals surface area contributed by atoms with E-state index in [-0.39, 0.29) is 9.65 Å². The summed E-state index contributed by atoms with van der Waals surface area (Å²) in [5, 5.41) is 0. The Labute approximate surface area is 142 Å². The van der Waals surface area contributed by atoms with E-state index in [1.807, 2.05) is 38.2 Å². The van der Waals surface area contributed by atoms with E-state index >= 15 is 0 Å². The van der Waals surface area contributed by atoms with Crippen molar-refractivity contribution < 1.29 is 8.42 Å². The summed E-state index contributed by atoms with van der Waals surface area (Å²) >= 11 is 6.99. The van der Waals surface area contributed by atoms with Crippen molar-refractivity contribution in [3.63, 3.8) is 0 Å². The SMILES string of the molecule is CC=C1C=CC=C(S(=O)(=O)C2=CC=CC(=CC)C2Br)C1Br. The van der Waals surface area contributed by atoms with Crippen LogP contribution in [0, 0.1) is 0 Å². The van der Waals surface area contributed by atoms with Crippen LogP contribution in [0.3, 0.4) is 0 Å². The minimum Gasteiger partial charge on any atom is -0.219 e. The van der Waals surface area contributed by atoms with Crippen molar-refractivity contribution in [2.24, 2.45) is 0 Å². The molecule has 0 saturated carbocycles. The summed E-state index contributed by atoms with van der Waals surface area (Å²) in [6.45, 7) is 3.80. The van der Waals surface area contributed by atoms with Crippen molar-refractivity contribution in [3.8, 4) is 0 Å². The predicted octanol–water partition coefficient (Wildman–Crippen LogP) is 4.73. The predicted molar refractivity (Wildman–Crippen MR) is 96.3 cm³/mol. The molecule has 112 valence electrons. The van der Waals surface area contributed by atoms with Crippen LogP contribution in [0.15, 0.2) is 69.6 Å². The van der Waals surface area contributed by atoms with Gasteiger partial charge in [-0.3, -0.25) is 0 Å². The zero-order valence-electron chi connectivity index (χ0n) is 11.8. The van der Waals surface area contributed by atoms with Crippen LogP contribution in [0.4, 0.5) is 0 Å². The van der Waals surface area contributed by atoms with Gasteiger partial charge in [-0.15, -0.1) is 0 Å². The van der Waals surface area contributed by atoms with Crippen molar-refractivity contribution in [3.05, 3.63) is 69.6 Å². The number of alkyl halides is 2. The zero-order valence-corrected chi connectivity index (χ0v) is 15.7. The van der Waals surface area contributed by atoms with Gasteiger partial charge in [0.2, 0.25) is 9.84 Å². The molecule has 21 heavy (non-hydrogen) atoms. The van der Waals surface area contributed by atoms with Crippen molar-refractivity contribution in [1.82, 2.24) is 0 Å². The number of hydrogen-bond donors (Lipinski definition) is 0. The molecular formula is C16H16Br2O2S. The molecule has 0 saturated heterocycles. The molecule has 0 heterocycles. The van der Waals surface area contributed by atoms with Gasteiger partial charge < -0.3 is 0 Å². The van der Waals surface area contributed by atoms with Gasteiger partial charge in [-0.25, -0.2) is 8.42 Å². The fourth-order valence-corrected chi connectivity index (χ4v) is 6.47. The van der Waals surface area contributed by atoms with Gasteiger partial charge in [0.15, 0.2) is 0 Å². The molecule has 2 rings (SSSR count). The summed E-state index contributed by atoms with van der Waals surface area (Å²) < 4.78 is 25.9. The smallest absolute Gasteiger partial charge is 0.201 e.